The van der Waals surface area contributed by atoms with Gasteiger partial charge in [0.1, 0.15) is 5.82 Å². The number of carbonyl (C=O) groups excluding carboxylic acids is 1. The number of likely N-dealkylation sites (tertiary alicyclic amines) is 1. The van der Waals surface area contributed by atoms with Crippen LogP contribution in [0.1, 0.15) is 88.7 Å². The van der Waals surface area contributed by atoms with E-state index in [2.05, 4.69) is 60.4 Å². The number of nitrogens with zero attached hydrogens (tertiary/aromatic N) is 4. The van der Waals surface area contributed by atoms with E-state index in [4.69, 9.17) is 0 Å². The second kappa shape index (κ2) is 17.3. The molecule has 1 saturated heterocycles. The molecule has 0 bridgehead atoms. The standard InChI is InChI=1S/C31H39F3N4O.C3H8/c1-9-24(10-2)20-36-23(6)38-16-14-26(15-17-38)37(8)30(11-3)29(35-7)18-21(4)25-12-13-27(22(5)39)28(19-25)31(32,33)34;1-3-2/h9,11-13,18-20,26H,3,6-7,10,14-17H2,1-2,4-5,8H3;3H2,1-2H3/b21-18+,24-9-,30-29-,36-20-;. The van der Waals surface area contributed by atoms with Crippen LogP contribution < -0.4 is 0 Å². The van der Waals surface area contributed by atoms with Crippen LogP contribution in [0.2, 0.25) is 0 Å². The van der Waals surface area contributed by atoms with Crippen molar-refractivity contribution in [3.8, 4) is 0 Å². The lowest BCUT2D eigenvalue weighted by molar-refractivity contribution is -0.137. The molecule has 1 fully saturated rings. The van der Waals surface area contributed by atoms with Gasteiger partial charge in [-0.05, 0) is 81.7 Å². The number of piperidine rings is 1. The van der Waals surface area contributed by atoms with E-state index in [0.29, 0.717) is 16.8 Å². The molecule has 1 heterocycles. The highest BCUT2D eigenvalue weighted by atomic mass is 19.4. The Morgan fingerprint density at radius 2 is 1.76 bits per heavy atom. The number of likely N-dealkylation sites (N-methyl/N-ethyl adjacent to an activating group) is 1. The van der Waals surface area contributed by atoms with E-state index in [-0.39, 0.29) is 11.6 Å². The molecular formula is C34H47F3N4O. The Bertz CT molecular complexity index is 1230. The Labute approximate surface area is 250 Å². The minimum atomic E-state index is -4.64. The third-order valence-electron chi connectivity index (χ3n) is 7.05. The van der Waals surface area contributed by atoms with Crippen LogP contribution >= 0.6 is 0 Å². The van der Waals surface area contributed by atoms with Gasteiger partial charge in [0, 0.05) is 38.0 Å². The van der Waals surface area contributed by atoms with Gasteiger partial charge >= 0.3 is 6.18 Å². The number of rotatable bonds is 11. The Kier molecular flexibility index (Phi) is 15.0. The number of aliphatic imine (C=N–C) groups is 2. The minimum absolute atomic E-state index is 0.199. The fraction of sp³-hybridized carbons (Fsp3) is 0.441. The normalized spacial score (nSPS) is 15.5. The first-order valence-electron chi connectivity index (χ1n) is 14.4. The molecule has 1 aromatic rings. The summed E-state index contributed by atoms with van der Waals surface area (Å²) in [6.07, 6.45) is 6.53. The van der Waals surface area contributed by atoms with Gasteiger partial charge in [-0.15, -0.1) is 0 Å². The monoisotopic (exact) mass is 584 g/mol. The number of allylic oxidation sites excluding steroid dienone is 5. The minimum Gasteiger partial charge on any atom is -0.370 e. The average Bonchev–Trinajstić information content (AvgIpc) is 2.96. The fourth-order valence-electron chi connectivity index (χ4n) is 4.57. The van der Waals surface area contributed by atoms with Gasteiger partial charge in [0.05, 0.1) is 17.0 Å². The Morgan fingerprint density at radius 1 is 1.17 bits per heavy atom. The molecule has 0 spiro atoms. The van der Waals surface area contributed by atoms with Crippen molar-refractivity contribution in [1.82, 2.24) is 9.80 Å². The average molecular weight is 585 g/mol. The molecule has 0 atom stereocenters. The summed E-state index contributed by atoms with van der Waals surface area (Å²) < 4.78 is 40.8. The van der Waals surface area contributed by atoms with Crippen molar-refractivity contribution in [1.29, 1.82) is 0 Å². The molecule has 1 aliphatic heterocycles. The summed E-state index contributed by atoms with van der Waals surface area (Å²) in [7, 11) is 1.96. The second-order valence-electron chi connectivity index (χ2n) is 10.2. The van der Waals surface area contributed by atoms with Crippen LogP contribution in [0, 0.1) is 0 Å². The number of alkyl halides is 3. The second-order valence-corrected chi connectivity index (χ2v) is 10.2. The van der Waals surface area contributed by atoms with Crippen LogP contribution in [0.4, 0.5) is 13.2 Å². The molecule has 0 saturated carbocycles. The van der Waals surface area contributed by atoms with Crippen LogP contribution in [0.25, 0.3) is 5.57 Å². The SMILES string of the molecule is C=C/C(=C(\C=C(/C)c1ccc(C(C)=O)c(C(F)(F)F)c1)N=C)N(C)C1CCN(C(=C)/N=C\C(=C/C)CC)CC1.CCC. The topological polar surface area (TPSA) is 48.3 Å². The molecule has 1 aromatic carbocycles. The zero-order valence-electron chi connectivity index (χ0n) is 26.3. The van der Waals surface area contributed by atoms with Crippen LogP contribution in [-0.2, 0) is 6.18 Å². The molecule has 5 nitrogen and oxygen atoms in total. The quantitative estimate of drug-likeness (QED) is 0.148. The van der Waals surface area contributed by atoms with E-state index in [9.17, 15) is 18.0 Å². The number of hydrogen-bond acceptors (Lipinski definition) is 5. The summed E-state index contributed by atoms with van der Waals surface area (Å²) in [6, 6.07) is 3.94. The largest absolute Gasteiger partial charge is 0.417 e. The first-order chi connectivity index (χ1) is 19.8. The van der Waals surface area contributed by atoms with Gasteiger partial charge in [0.2, 0.25) is 0 Å². The summed E-state index contributed by atoms with van der Waals surface area (Å²) in [5.41, 5.74) is 1.99. The van der Waals surface area contributed by atoms with Crippen LogP contribution in [0.15, 0.2) is 82.4 Å². The summed E-state index contributed by atoms with van der Waals surface area (Å²) in [5.74, 6) is 0.105. The lowest BCUT2D eigenvalue weighted by Gasteiger charge is -2.39. The van der Waals surface area contributed by atoms with Gasteiger partial charge in [-0.2, -0.15) is 13.2 Å². The molecule has 0 unspecified atom stereocenters. The predicted octanol–water partition coefficient (Wildman–Crippen LogP) is 9.12. The lowest BCUT2D eigenvalue weighted by atomic mass is 9.96. The van der Waals surface area contributed by atoms with Crippen molar-refractivity contribution >= 4 is 24.3 Å². The van der Waals surface area contributed by atoms with Crippen LogP contribution in [0.5, 0.6) is 0 Å². The Morgan fingerprint density at radius 3 is 2.21 bits per heavy atom. The van der Waals surface area contributed by atoms with Crippen molar-refractivity contribution in [3.63, 3.8) is 0 Å². The van der Waals surface area contributed by atoms with Crippen molar-refractivity contribution < 1.29 is 18.0 Å². The van der Waals surface area contributed by atoms with Crippen LogP contribution in [-0.4, -0.2) is 54.7 Å². The fourth-order valence-corrected chi connectivity index (χ4v) is 4.57. The number of ketones is 1. The molecule has 0 N–H and O–H groups in total. The molecule has 230 valence electrons. The highest BCUT2D eigenvalue weighted by Gasteiger charge is 2.34. The number of Topliss-reactive ketones (excluding diaryl/α,β-unsaturated/α-hetero) is 1. The van der Waals surface area contributed by atoms with Crippen molar-refractivity contribution in [2.75, 3.05) is 20.1 Å². The summed E-state index contributed by atoms with van der Waals surface area (Å²) in [5, 5.41) is 0. The van der Waals surface area contributed by atoms with Gasteiger partial charge in [-0.25, -0.2) is 4.99 Å². The van der Waals surface area contributed by atoms with E-state index in [1.807, 2.05) is 26.3 Å². The highest BCUT2D eigenvalue weighted by molar-refractivity contribution is 5.96. The molecule has 42 heavy (non-hydrogen) atoms. The number of benzene rings is 1. The van der Waals surface area contributed by atoms with Crippen molar-refractivity contribution in [3.05, 3.63) is 89.1 Å². The lowest BCUT2D eigenvalue weighted by Crippen LogP contribution is -2.42. The maximum Gasteiger partial charge on any atom is 0.417 e. The van der Waals surface area contributed by atoms with E-state index in [0.717, 1.165) is 62.4 Å². The zero-order valence-corrected chi connectivity index (χ0v) is 26.3. The molecule has 2 rings (SSSR count). The molecule has 0 radical (unpaired) electrons. The van der Waals surface area contributed by atoms with Crippen molar-refractivity contribution in [2.24, 2.45) is 9.98 Å². The molecule has 8 heteroatoms. The third-order valence-corrected chi connectivity index (χ3v) is 7.05. The molecule has 1 aliphatic rings. The van der Waals surface area contributed by atoms with Gasteiger partial charge in [0.25, 0.3) is 0 Å². The number of carbonyl (C=O) groups is 1. The first-order valence-corrected chi connectivity index (χ1v) is 14.4. The third kappa shape index (κ3) is 10.3. The first kappa shape index (κ1) is 36.3. The highest BCUT2D eigenvalue weighted by Crippen LogP contribution is 2.35. The van der Waals surface area contributed by atoms with E-state index in [1.165, 1.54) is 18.6 Å². The van der Waals surface area contributed by atoms with Gasteiger partial charge < -0.3 is 9.80 Å². The number of hydrogen-bond donors (Lipinski definition) is 0. The van der Waals surface area contributed by atoms with Gasteiger partial charge in [0.15, 0.2) is 5.78 Å². The van der Waals surface area contributed by atoms with Crippen LogP contribution in [0.3, 0.4) is 0 Å². The zero-order chi connectivity index (χ0) is 32.0. The number of halogens is 3. The van der Waals surface area contributed by atoms with E-state index < -0.39 is 17.5 Å². The summed E-state index contributed by atoms with van der Waals surface area (Å²) in [6.45, 7) is 24.5. The predicted molar refractivity (Wildman–Crippen MR) is 172 cm³/mol. The molecule has 0 aromatic heterocycles. The van der Waals surface area contributed by atoms with Gasteiger partial charge in [-0.3, -0.25) is 9.79 Å². The van der Waals surface area contributed by atoms with Gasteiger partial charge in [-0.1, -0.05) is 58.6 Å². The van der Waals surface area contributed by atoms with E-state index >= 15 is 0 Å². The maximum atomic E-state index is 13.6. The molecular weight excluding hydrogens is 537 g/mol. The maximum absolute atomic E-state index is 13.6. The Hall–Kier alpha value is -3.68. The summed E-state index contributed by atoms with van der Waals surface area (Å²) in [4.78, 5) is 24.7. The molecule has 0 amide bonds. The smallest absolute Gasteiger partial charge is 0.370 e. The van der Waals surface area contributed by atoms with E-state index in [1.54, 1.807) is 19.1 Å². The summed E-state index contributed by atoms with van der Waals surface area (Å²) >= 11 is 0. The molecule has 0 aliphatic carbocycles. The Balaban J connectivity index is 0.00000281. The van der Waals surface area contributed by atoms with Crippen molar-refractivity contribution in [2.45, 2.75) is 79.4 Å².